The van der Waals surface area contributed by atoms with Crippen LogP contribution in [0.3, 0.4) is 0 Å². The highest BCUT2D eigenvalue weighted by Gasteiger charge is 2.22. The Hall–Kier alpha value is -1.75. The molecule has 0 aromatic heterocycles. The maximum absolute atomic E-state index is 11.8. The molecule has 17 heavy (non-hydrogen) atoms. The fourth-order valence-corrected chi connectivity index (χ4v) is 1.87. The summed E-state index contributed by atoms with van der Waals surface area (Å²) in [5.74, 6) is 1.42. The Morgan fingerprint density at radius 3 is 2.76 bits per heavy atom. The molecule has 1 aromatic carbocycles. The molecule has 5 heteroatoms. The van der Waals surface area contributed by atoms with Crippen LogP contribution in [0.25, 0.3) is 0 Å². The van der Waals surface area contributed by atoms with Crippen molar-refractivity contribution in [1.82, 2.24) is 5.32 Å². The minimum absolute atomic E-state index is 0.0553. The largest absolute Gasteiger partial charge is 0.497 e. The van der Waals surface area contributed by atoms with Gasteiger partial charge in [0.15, 0.2) is 0 Å². The van der Waals surface area contributed by atoms with Gasteiger partial charge in [0.1, 0.15) is 11.5 Å². The van der Waals surface area contributed by atoms with E-state index in [1.165, 1.54) is 0 Å². The van der Waals surface area contributed by atoms with Crippen LogP contribution in [0.15, 0.2) is 18.2 Å². The summed E-state index contributed by atoms with van der Waals surface area (Å²) in [6.45, 7) is 1.82. The van der Waals surface area contributed by atoms with Crippen LogP contribution in [0.1, 0.15) is 0 Å². The standard InChI is InChI=1S/C12H16N2O3/c1-16-9-3-4-10(11(7-9)17-2)14-6-5-13-8-12(14)15/h3-4,7,13H,5-6,8H2,1-2H3. The number of anilines is 1. The molecule has 1 saturated heterocycles. The summed E-state index contributed by atoms with van der Waals surface area (Å²) in [6, 6.07) is 5.46. The molecule has 0 aliphatic carbocycles. The summed E-state index contributed by atoms with van der Waals surface area (Å²) in [6.07, 6.45) is 0. The molecule has 0 radical (unpaired) electrons. The minimum Gasteiger partial charge on any atom is -0.497 e. The molecule has 0 bridgehead atoms. The van der Waals surface area contributed by atoms with Crippen molar-refractivity contribution in [3.8, 4) is 11.5 Å². The van der Waals surface area contributed by atoms with Crippen LogP contribution in [0.2, 0.25) is 0 Å². The zero-order chi connectivity index (χ0) is 12.3. The molecule has 1 fully saturated rings. The van der Waals surface area contributed by atoms with Gasteiger partial charge in [-0.15, -0.1) is 0 Å². The van der Waals surface area contributed by atoms with Crippen molar-refractivity contribution in [3.63, 3.8) is 0 Å². The van der Waals surface area contributed by atoms with E-state index in [4.69, 9.17) is 9.47 Å². The van der Waals surface area contributed by atoms with E-state index in [0.29, 0.717) is 24.6 Å². The van der Waals surface area contributed by atoms with Crippen molar-refractivity contribution in [1.29, 1.82) is 0 Å². The van der Waals surface area contributed by atoms with Crippen LogP contribution in [0.5, 0.6) is 11.5 Å². The molecule has 0 saturated carbocycles. The normalized spacial score (nSPS) is 15.9. The monoisotopic (exact) mass is 236 g/mol. The Kier molecular flexibility index (Phi) is 3.49. The number of rotatable bonds is 3. The molecule has 1 aliphatic rings. The van der Waals surface area contributed by atoms with E-state index >= 15 is 0 Å². The predicted molar refractivity (Wildman–Crippen MR) is 64.8 cm³/mol. The smallest absolute Gasteiger partial charge is 0.241 e. The van der Waals surface area contributed by atoms with Gasteiger partial charge in [-0.05, 0) is 12.1 Å². The number of nitrogens with zero attached hydrogens (tertiary/aromatic N) is 1. The first kappa shape index (κ1) is 11.7. The second-order valence-corrected chi connectivity index (χ2v) is 3.76. The van der Waals surface area contributed by atoms with Crippen molar-refractivity contribution in [3.05, 3.63) is 18.2 Å². The molecule has 2 rings (SSSR count). The lowest BCUT2D eigenvalue weighted by Gasteiger charge is -2.28. The molecule has 1 N–H and O–H groups in total. The van der Waals surface area contributed by atoms with Crippen LogP contribution in [-0.2, 0) is 4.79 Å². The number of ether oxygens (including phenoxy) is 2. The number of methoxy groups -OCH3 is 2. The van der Waals surface area contributed by atoms with E-state index in [2.05, 4.69) is 5.32 Å². The summed E-state index contributed by atoms with van der Waals surface area (Å²) in [7, 11) is 3.19. The van der Waals surface area contributed by atoms with Gasteiger partial charge in [-0.3, -0.25) is 4.79 Å². The molecule has 1 heterocycles. The van der Waals surface area contributed by atoms with Crippen LogP contribution in [0, 0.1) is 0 Å². The van der Waals surface area contributed by atoms with E-state index in [9.17, 15) is 4.79 Å². The molecule has 1 amide bonds. The number of nitrogens with one attached hydrogen (secondary N) is 1. The fourth-order valence-electron chi connectivity index (χ4n) is 1.87. The lowest BCUT2D eigenvalue weighted by Crippen LogP contribution is -2.48. The maximum atomic E-state index is 11.8. The van der Waals surface area contributed by atoms with Gasteiger partial charge >= 0.3 is 0 Å². The summed E-state index contributed by atoms with van der Waals surface area (Å²) in [5.41, 5.74) is 0.791. The van der Waals surface area contributed by atoms with E-state index in [0.717, 1.165) is 12.2 Å². The summed E-state index contributed by atoms with van der Waals surface area (Å²) in [5, 5.41) is 3.04. The average molecular weight is 236 g/mol. The van der Waals surface area contributed by atoms with E-state index in [1.54, 1.807) is 25.2 Å². The Labute approximate surface area is 100 Å². The number of carbonyl (C=O) groups excluding carboxylic acids is 1. The van der Waals surface area contributed by atoms with Gasteiger partial charge in [-0.25, -0.2) is 0 Å². The van der Waals surface area contributed by atoms with Gasteiger partial charge in [0.2, 0.25) is 5.91 Å². The summed E-state index contributed by atoms with van der Waals surface area (Å²) < 4.78 is 10.4. The summed E-state index contributed by atoms with van der Waals surface area (Å²) in [4.78, 5) is 13.5. The van der Waals surface area contributed by atoms with Crippen LogP contribution in [0.4, 0.5) is 5.69 Å². The van der Waals surface area contributed by atoms with E-state index < -0.39 is 0 Å². The first-order valence-corrected chi connectivity index (χ1v) is 5.49. The summed E-state index contributed by atoms with van der Waals surface area (Å²) >= 11 is 0. The van der Waals surface area contributed by atoms with Gasteiger partial charge in [0.05, 0.1) is 26.5 Å². The molecule has 92 valence electrons. The predicted octanol–water partition coefficient (Wildman–Crippen LogP) is 0.640. The number of amides is 1. The second-order valence-electron chi connectivity index (χ2n) is 3.76. The minimum atomic E-state index is 0.0553. The molecule has 0 unspecified atom stereocenters. The molecule has 1 aromatic rings. The number of hydrogen-bond acceptors (Lipinski definition) is 4. The average Bonchev–Trinajstić information content (AvgIpc) is 2.38. The molecule has 0 spiro atoms. The van der Waals surface area contributed by atoms with Gasteiger partial charge in [-0.2, -0.15) is 0 Å². The van der Waals surface area contributed by atoms with Gasteiger partial charge in [-0.1, -0.05) is 0 Å². The molecular formula is C12H16N2O3. The van der Waals surface area contributed by atoms with Gasteiger partial charge in [0, 0.05) is 19.2 Å². The Morgan fingerprint density at radius 1 is 1.29 bits per heavy atom. The first-order chi connectivity index (χ1) is 8.26. The van der Waals surface area contributed by atoms with Crippen molar-refractivity contribution in [2.75, 3.05) is 38.8 Å². The third-order valence-electron chi connectivity index (χ3n) is 2.77. The zero-order valence-corrected chi connectivity index (χ0v) is 10.0. The Bertz CT molecular complexity index is 420. The number of benzene rings is 1. The molecular weight excluding hydrogens is 220 g/mol. The Balaban J connectivity index is 2.33. The fraction of sp³-hybridized carbons (Fsp3) is 0.417. The third kappa shape index (κ3) is 2.34. The molecule has 0 atom stereocenters. The van der Waals surface area contributed by atoms with Gasteiger partial charge in [0.25, 0.3) is 0 Å². The number of piperazine rings is 1. The van der Waals surface area contributed by atoms with E-state index in [1.807, 2.05) is 12.1 Å². The topological polar surface area (TPSA) is 50.8 Å². The maximum Gasteiger partial charge on any atom is 0.241 e. The van der Waals surface area contributed by atoms with Crippen molar-refractivity contribution in [2.45, 2.75) is 0 Å². The van der Waals surface area contributed by atoms with Crippen molar-refractivity contribution >= 4 is 11.6 Å². The highest BCUT2D eigenvalue weighted by molar-refractivity contribution is 5.97. The van der Waals surface area contributed by atoms with Gasteiger partial charge < -0.3 is 19.7 Å². The van der Waals surface area contributed by atoms with Crippen molar-refractivity contribution in [2.24, 2.45) is 0 Å². The van der Waals surface area contributed by atoms with Crippen molar-refractivity contribution < 1.29 is 14.3 Å². The van der Waals surface area contributed by atoms with Crippen LogP contribution < -0.4 is 19.7 Å². The highest BCUT2D eigenvalue weighted by Crippen LogP contribution is 2.32. The Morgan fingerprint density at radius 2 is 2.12 bits per heavy atom. The second kappa shape index (κ2) is 5.05. The van der Waals surface area contributed by atoms with Crippen LogP contribution >= 0.6 is 0 Å². The van der Waals surface area contributed by atoms with E-state index in [-0.39, 0.29) is 5.91 Å². The third-order valence-corrected chi connectivity index (χ3v) is 2.77. The number of carbonyl (C=O) groups is 1. The quantitative estimate of drug-likeness (QED) is 0.836. The molecule has 1 aliphatic heterocycles. The molecule has 5 nitrogen and oxygen atoms in total. The van der Waals surface area contributed by atoms with Crippen LogP contribution in [-0.4, -0.2) is 39.8 Å². The highest BCUT2D eigenvalue weighted by atomic mass is 16.5. The SMILES string of the molecule is COc1ccc(N2CCNCC2=O)c(OC)c1. The first-order valence-electron chi connectivity index (χ1n) is 5.49. The lowest BCUT2D eigenvalue weighted by atomic mass is 10.2. The zero-order valence-electron chi connectivity index (χ0n) is 10.0. The lowest BCUT2D eigenvalue weighted by molar-refractivity contribution is -0.118. The number of hydrogen-bond donors (Lipinski definition) is 1.